The van der Waals surface area contributed by atoms with Crippen molar-refractivity contribution in [2.24, 2.45) is 0 Å². The molecule has 2 atom stereocenters. The van der Waals surface area contributed by atoms with Crippen molar-refractivity contribution in [1.29, 1.82) is 0 Å². The van der Waals surface area contributed by atoms with Crippen LogP contribution in [-0.2, 0) is 15.1 Å². The van der Waals surface area contributed by atoms with Gasteiger partial charge in [0.25, 0.3) is 0 Å². The minimum absolute atomic E-state index is 0.116. The van der Waals surface area contributed by atoms with Crippen LogP contribution in [0.1, 0.15) is 18.6 Å². The van der Waals surface area contributed by atoms with Gasteiger partial charge in [0.1, 0.15) is 0 Å². The minimum Gasteiger partial charge on any atom is -0.438 e. The molecule has 1 aromatic rings. The van der Waals surface area contributed by atoms with E-state index in [0.29, 0.717) is 5.56 Å². The van der Waals surface area contributed by atoms with Crippen LogP contribution >= 0.6 is 0 Å². The number of amides is 1. The smallest absolute Gasteiger partial charge is 0.426 e. The second kappa shape index (κ2) is 3.99. The average Bonchev–Trinajstić information content (AvgIpc) is 2.54. The first kappa shape index (κ1) is 11.8. The molecule has 1 heterocycles. The number of cyclic esters (lactones) is 1. The Morgan fingerprint density at radius 2 is 1.88 bits per heavy atom. The van der Waals surface area contributed by atoms with Crippen molar-refractivity contribution in [2.45, 2.75) is 19.1 Å². The molecule has 1 fully saturated rings. The van der Waals surface area contributed by atoms with Crippen LogP contribution in [0.15, 0.2) is 30.3 Å². The third kappa shape index (κ3) is 2.10. The number of benzene rings is 1. The van der Waals surface area contributed by atoms with Crippen molar-refractivity contribution in [3.63, 3.8) is 0 Å². The Hall–Kier alpha value is -1.63. The van der Waals surface area contributed by atoms with Gasteiger partial charge in [-0.2, -0.15) is 12.7 Å². The number of carbonyl (C=O) groups is 1. The van der Waals surface area contributed by atoms with Gasteiger partial charge in [-0.25, -0.2) is 4.79 Å². The van der Waals surface area contributed by atoms with Gasteiger partial charge < -0.3 is 4.74 Å². The SMILES string of the molecule is C[C@@H]1[C@@H](c2ccccc2)OC(=O)N1S(=O)(=O)F. The number of rotatable bonds is 2. The Labute approximate surface area is 98.1 Å². The molecule has 0 aromatic heterocycles. The van der Waals surface area contributed by atoms with E-state index in [4.69, 9.17) is 4.74 Å². The summed E-state index contributed by atoms with van der Waals surface area (Å²) in [6.45, 7) is 1.42. The predicted molar refractivity (Wildman–Crippen MR) is 57.0 cm³/mol. The molecule has 1 amide bonds. The normalized spacial score (nSPS) is 24.8. The summed E-state index contributed by atoms with van der Waals surface area (Å²) in [4.78, 5) is 11.3. The summed E-state index contributed by atoms with van der Waals surface area (Å²) in [5, 5.41) is 0. The number of halogens is 1. The molecule has 1 aliphatic rings. The Bertz CT molecular complexity index is 530. The summed E-state index contributed by atoms with van der Waals surface area (Å²) in [6, 6.07) is 7.69. The summed E-state index contributed by atoms with van der Waals surface area (Å²) >= 11 is 0. The van der Waals surface area contributed by atoms with E-state index in [1.54, 1.807) is 30.3 Å². The lowest BCUT2D eigenvalue weighted by molar-refractivity contribution is 0.132. The molecule has 5 nitrogen and oxygen atoms in total. The first-order chi connectivity index (χ1) is 7.91. The highest BCUT2D eigenvalue weighted by atomic mass is 32.3. The van der Waals surface area contributed by atoms with Crippen molar-refractivity contribution in [3.8, 4) is 0 Å². The van der Waals surface area contributed by atoms with Crippen molar-refractivity contribution in [1.82, 2.24) is 4.31 Å². The lowest BCUT2D eigenvalue weighted by Crippen LogP contribution is -2.35. The number of hydrogen-bond acceptors (Lipinski definition) is 4. The fourth-order valence-corrected chi connectivity index (χ4v) is 2.55. The molecule has 1 saturated heterocycles. The van der Waals surface area contributed by atoms with E-state index in [-0.39, 0.29) is 4.31 Å². The van der Waals surface area contributed by atoms with E-state index in [1.807, 2.05) is 0 Å². The maximum atomic E-state index is 12.9. The number of carbonyl (C=O) groups excluding carboxylic acids is 1. The minimum atomic E-state index is -5.08. The Morgan fingerprint density at radius 3 is 2.35 bits per heavy atom. The van der Waals surface area contributed by atoms with Crippen molar-refractivity contribution in [2.75, 3.05) is 0 Å². The summed E-state index contributed by atoms with van der Waals surface area (Å²) in [5.41, 5.74) is 0.625. The third-order valence-corrected chi connectivity index (χ3v) is 3.53. The van der Waals surface area contributed by atoms with Crippen LogP contribution in [0.25, 0.3) is 0 Å². The molecule has 2 rings (SSSR count). The van der Waals surface area contributed by atoms with Crippen molar-refractivity contribution < 1.29 is 21.8 Å². The Morgan fingerprint density at radius 1 is 1.29 bits per heavy atom. The highest BCUT2D eigenvalue weighted by Crippen LogP contribution is 2.34. The molecule has 0 bridgehead atoms. The van der Waals surface area contributed by atoms with Gasteiger partial charge in [-0.05, 0) is 12.5 Å². The van der Waals surface area contributed by atoms with Crippen LogP contribution in [-0.4, -0.2) is 24.9 Å². The zero-order chi connectivity index (χ0) is 12.6. The Kier molecular flexibility index (Phi) is 2.78. The van der Waals surface area contributed by atoms with E-state index < -0.39 is 28.6 Å². The molecule has 0 N–H and O–H groups in total. The van der Waals surface area contributed by atoms with E-state index in [0.717, 1.165) is 0 Å². The molecule has 0 aliphatic carbocycles. The van der Waals surface area contributed by atoms with Crippen LogP contribution in [0.2, 0.25) is 0 Å². The average molecular weight is 259 g/mol. The lowest BCUT2D eigenvalue weighted by atomic mass is 10.0. The van der Waals surface area contributed by atoms with Gasteiger partial charge in [0.15, 0.2) is 6.10 Å². The van der Waals surface area contributed by atoms with Crippen LogP contribution < -0.4 is 0 Å². The second-order valence-corrected chi connectivity index (χ2v) is 4.91. The maximum Gasteiger partial charge on any atom is 0.426 e. The molecular formula is C10H10FNO4S. The number of nitrogens with zero attached hydrogens (tertiary/aromatic N) is 1. The summed E-state index contributed by atoms with van der Waals surface area (Å²) in [6.07, 6.45) is -1.97. The molecule has 1 aliphatic heterocycles. The van der Waals surface area contributed by atoms with E-state index in [9.17, 15) is 17.1 Å². The van der Waals surface area contributed by atoms with Crippen molar-refractivity contribution >= 4 is 16.5 Å². The highest BCUT2D eigenvalue weighted by molar-refractivity contribution is 7.84. The second-order valence-electron chi connectivity index (χ2n) is 3.69. The summed E-state index contributed by atoms with van der Waals surface area (Å²) in [5.74, 6) is 0. The summed E-state index contributed by atoms with van der Waals surface area (Å²) in [7, 11) is -5.08. The molecule has 1 aromatic carbocycles. The number of hydrogen-bond donors (Lipinski definition) is 0. The van der Waals surface area contributed by atoms with Gasteiger partial charge in [0.2, 0.25) is 0 Å². The fraction of sp³-hybridized carbons (Fsp3) is 0.300. The third-order valence-electron chi connectivity index (χ3n) is 2.58. The quantitative estimate of drug-likeness (QED) is 0.759. The van der Waals surface area contributed by atoms with E-state index in [2.05, 4.69) is 0 Å². The van der Waals surface area contributed by atoms with E-state index in [1.165, 1.54) is 6.92 Å². The first-order valence-corrected chi connectivity index (χ1v) is 6.25. The van der Waals surface area contributed by atoms with Gasteiger partial charge in [-0.3, -0.25) is 0 Å². The maximum absolute atomic E-state index is 12.9. The molecule has 17 heavy (non-hydrogen) atoms. The van der Waals surface area contributed by atoms with Crippen LogP contribution in [0, 0.1) is 0 Å². The van der Waals surface area contributed by atoms with Gasteiger partial charge in [-0.1, -0.05) is 34.2 Å². The standard InChI is InChI=1S/C10H10FNO4S/c1-7-9(8-5-3-2-4-6-8)16-10(13)12(7)17(11,14)15/h2-7,9H,1H3/t7-,9+/m1/s1. The first-order valence-electron chi connectivity index (χ1n) is 4.91. The van der Waals surface area contributed by atoms with E-state index >= 15 is 0 Å². The molecule has 0 radical (unpaired) electrons. The van der Waals surface area contributed by atoms with Gasteiger partial charge in [0.05, 0.1) is 6.04 Å². The zero-order valence-corrected chi connectivity index (χ0v) is 9.72. The molecule has 0 unspecified atom stereocenters. The molecule has 7 heteroatoms. The van der Waals surface area contributed by atoms with Gasteiger partial charge >= 0.3 is 16.5 Å². The topological polar surface area (TPSA) is 63.7 Å². The van der Waals surface area contributed by atoms with Crippen molar-refractivity contribution in [3.05, 3.63) is 35.9 Å². The van der Waals surface area contributed by atoms with Crippen LogP contribution in [0.3, 0.4) is 0 Å². The predicted octanol–water partition coefficient (Wildman–Crippen LogP) is 1.78. The largest absolute Gasteiger partial charge is 0.438 e. The molecule has 0 spiro atoms. The van der Waals surface area contributed by atoms with Crippen LogP contribution in [0.5, 0.6) is 0 Å². The fourth-order valence-electron chi connectivity index (χ4n) is 1.83. The lowest BCUT2D eigenvalue weighted by Gasteiger charge is -2.16. The Balaban J connectivity index is 2.34. The summed E-state index contributed by atoms with van der Waals surface area (Å²) < 4.78 is 39.4. The molecule has 0 saturated carbocycles. The van der Waals surface area contributed by atoms with Gasteiger partial charge in [0, 0.05) is 0 Å². The van der Waals surface area contributed by atoms with Gasteiger partial charge in [-0.15, -0.1) is 0 Å². The molecule has 92 valence electrons. The van der Waals surface area contributed by atoms with Crippen LogP contribution in [0.4, 0.5) is 8.68 Å². The number of ether oxygens (including phenoxy) is 1. The zero-order valence-electron chi connectivity index (χ0n) is 8.91. The highest BCUT2D eigenvalue weighted by Gasteiger charge is 2.46. The molecular weight excluding hydrogens is 249 g/mol. The monoisotopic (exact) mass is 259 g/mol.